The third-order valence-corrected chi connectivity index (χ3v) is 8.74. The van der Waals surface area contributed by atoms with E-state index >= 15 is 0 Å². The molecule has 0 saturated carbocycles. The number of ether oxygens (including phenoxy) is 1. The van der Waals surface area contributed by atoms with Gasteiger partial charge in [-0.15, -0.1) is 0 Å². The number of urea groups is 1. The number of Topliss-reactive ketones (excluding diaryl/α,β-unsaturated/α-hetero) is 2. The van der Waals surface area contributed by atoms with E-state index in [4.69, 9.17) is 21.3 Å². The van der Waals surface area contributed by atoms with Crippen molar-refractivity contribution in [2.24, 2.45) is 0 Å². The van der Waals surface area contributed by atoms with Crippen LogP contribution < -0.4 is 25.6 Å². The van der Waals surface area contributed by atoms with Crippen LogP contribution in [0.15, 0.2) is 97.3 Å². The van der Waals surface area contributed by atoms with E-state index in [9.17, 15) is 40.7 Å². The van der Waals surface area contributed by atoms with Gasteiger partial charge in [0, 0.05) is 67.5 Å². The number of carbonyl (C=O) groups is 3. The molecule has 4 heterocycles. The molecule has 1 saturated heterocycles. The molecular formula is C38H31ClF6N8O4. The number of pyridine rings is 1. The van der Waals surface area contributed by atoms with Crippen LogP contribution >= 0.6 is 11.6 Å². The van der Waals surface area contributed by atoms with Gasteiger partial charge in [0.2, 0.25) is 5.95 Å². The number of hydrogen-bond acceptors (Lipinski definition) is 10. The molecule has 0 aliphatic carbocycles. The summed E-state index contributed by atoms with van der Waals surface area (Å²) in [4.78, 5) is 49.8. The van der Waals surface area contributed by atoms with Gasteiger partial charge >= 0.3 is 30.0 Å². The summed E-state index contributed by atoms with van der Waals surface area (Å²) in [6.07, 6.45) is -7.36. The number of anilines is 6. The third-order valence-electron chi connectivity index (χ3n) is 8.47. The van der Waals surface area contributed by atoms with Crippen molar-refractivity contribution < 1.29 is 45.5 Å². The normalized spacial score (nSPS) is 14.0. The van der Waals surface area contributed by atoms with Crippen LogP contribution in [0.25, 0.3) is 11.1 Å². The first kappa shape index (κ1) is 40.2. The van der Waals surface area contributed by atoms with Crippen molar-refractivity contribution in [3.05, 3.63) is 108 Å². The van der Waals surface area contributed by atoms with Crippen LogP contribution in [-0.4, -0.2) is 82.6 Å². The lowest BCUT2D eigenvalue weighted by Gasteiger charge is -2.35. The van der Waals surface area contributed by atoms with Gasteiger partial charge in [-0.3, -0.25) is 9.59 Å². The standard InChI is InChI=1S/C34H31ClN8O2.C4F6O2/c35-30-22-37-33-39-28-18-23(11-16-45-29-8-4-7-27(20-29)38-32(30)41-33)17-25(19-28)24-9-10-31(36-21-24)42-12-14-43(15-13-42)34(44)40-26-5-2-1-3-6-26;5-3(6,7)1(11)2(12)4(8,9)10/h1-10,17-22H,11-16H2,(H,40,44)(H2,37,38,39,41);. The van der Waals surface area contributed by atoms with Gasteiger partial charge < -0.3 is 30.5 Å². The maximum atomic E-state index is 12.7. The molecule has 0 radical (unpaired) electrons. The Kier molecular flexibility index (Phi) is 12.1. The highest BCUT2D eigenvalue weighted by atomic mass is 35.5. The average molecular weight is 813 g/mol. The molecule has 0 spiro atoms. The highest BCUT2D eigenvalue weighted by molar-refractivity contribution is 6.41. The van der Waals surface area contributed by atoms with E-state index in [1.165, 1.54) is 0 Å². The predicted molar refractivity (Wildman–Crippen MR) is 200 cm³/mol. The van der Waals surface area contributed by atoms with Crippen LogP contribution in [0.3, 0.4) is 0 Å². The molecule has 5 aromatic rings. The zero-order valence-corrected chi connectivity index (χ0v) is 30.3. The van der Waals surface area contributed by atoms with E-state index in [-0.39, 0.29) is 6.03 Å². The number of ketones is 2. The fourth-order valence-electron chi connectivity index (χ4n) is 5.67. The number of piperazine rings is 1. The number of aromatic nitrogens is 3. The molecule has 6 bridgehead atoms. The van der Waals surface area contributed by atoms with Crippen LogP contribution in [0.4, 0.5) is 65.8 Å². The van der Waals surface area contributed by atoms with Gasteiger partial charge in [-0.1, -0.05) is 41.9 Å². The van der Waals surface area contributed by atoms with E-state index in [1.807, 2.05) is 71.8 Å². The molecule has 7 rings (SSSR count). The molecule has 12 nitrogen and oxygen atoms in total. The lowest BCUT2D eigenvalue weighted by Crippen LogP contribution is -2.50. The van der Waals surface area contributed by atoms with Gasteiger partial charge in [0.05, 0.1) is 12.8 Å². The summed E-state index contributed by atoms with van der Waals surface area (Å²) in [5.41, 5.74) is 5.56. The first-order valence-electron chi connectivity index (χ1n) is 17.1. The Morgan fingerprint density at radius 2 is 1.46 bits per heavy atom. The molecule has 57 heavy (non-hydrogen) atoms. The first-order valence-corrected chi connectivity index (χ1v) is 17.5. The smallest absolute Gasteiger partial charge is 0.458 e. The van der Waals surface area contributed by atoms with Crippen molar-refractivity contribution in [1.29, 1.82) is 0 Å². The number of amides is 2. The SMILES string of the molecule is O=C(C(=O)C(F)(F)F)C(F)(F)F.O=C(Nc1ccccc1)N1CCN(c2ccc(-c3cc4cc(c3)Nc3ncc(Cl)c(n3)Nc3cccc(c3)OCC4)cn2)CC1. The van der Waals surface area contributed by atoms with Crippen molar-refractivity contribution >= 4 is 63.8 Å². The Hall–Kier alpha value is -6.43. The Labute approximate surface area is 325 Å². The highest BCUT2D eigenvalue weighted by Gasteiger charge is 2.54. The van der Waals surface area contributed by atoms with Gasteiger partial charge in [-0.2, -0.15) is 31.3 Å². The number of benzene rings is 3. The van der Waals surface area contributed by atoms with Gasteiger partial charge in [0.15, 0.2) is 5.82 Å². The minimum atomic E-state index is -5.77. The number of rotatable bonds is 4. The van der Waals surface area contributed by atoms with Crippen LogP contribution in [0.2, 0.25) is 5.02 Å². The Balaban J connectivity index is 0.000000398. The van der Waals surface area contributed by atoms with Gasteiger partial charge in [0.25, 0.3) is 0 Å². The zero-order chi connectivity index (χ0) is 40.7. The number of hydrogen-bond donors (Lipinski definition) is 3. The van der Waals surface area contributed by atoms with Gasteiger partial charge in [-0.05, 0) is 59.7 Å². The maximum Gasteiger partial charge on any atom is 0.458 e. The summed E-state index contributed by atoms with van der Waals surface area (Å²) >= 11 is 6.41. The van der Waals surface area contributed by atoms with E-state index in [2.05, 4.69) is 55.1 Å². The minimum absolute atomic E-state index is 0.0824. The van der Waals surface area contributed by atoms with Crippen LogP contribution in [0.1, 0.15) is 5.56 Å². The molecule has 3 aromatic carbocycles. The van der Waals surface area contributed by atoms with Crippen LogP contribution in [0.5, 0.6) is 5.75 Å². The molecule has 2 aliphatic heterocycles. The van der Waals surface area contributed by atoms with Crippen molar-refractivity contribution in [3.63, 3.8) is 0 Å². The van der Waals surface area contributed by atoms with Crippen LogP contribution in [0, 0.1) is 0 Å². The molecule has 3 N–H and O–H groups in total. The van der Waals surface area contributed by atoms with E-state index in [1.54, 1.807) is 6.20 Å². The molecule has 2 amide bonds. The third kappa shape index (κ3) is 10.7. The Bertz CT molecular complexity index is 2210. The molecule has 2 aliphatic rings. The van der Waals surface area contributed by atoms with E-state index in [0.29, 0.717) is 56.0 Å². The number of fused-ring (bicyclic) bond motifs is 6. The maximum absolute atomic E-state index is 12.7. The molecule has 0 unspecified atom stereocenters. The number of para-hydroxylation sites is 1. The van der Waals surface area contributed by atoms with Gasteiger partial charge in [-0.25, -0.2) is 14.8 Å². The first-order chi connectivity index (χ1) is 27.1. The summed E-state index contributed by atoms with van der Waals surface area (Å²) < 4.78 is 73.0. The summed E-state index contributed by atoms with van der Waals surface area (Å²) in [7, 11) is 0. The molecule has 296 valence electrons. The van der Waals surface area contributed by atoms with E-state index < -0.39 is 23.9 Å². The molecule has 0 atom stereocenters. The monoisotopic (exact) mass is 812 g/mol. The second-order valence-electron chi connectivity index (χ2n) is 12.5. The van der Waals surface area contributed by atoms with Crippen molar-refractivity contribution in [3.8, 4) is 16.9 Å². The Morgan fingerprint density at radius 1 is 0.737 bits per heavy atom. The number of halogens is 7. The topological polar surface area (TPSA) is 142 Å². The van der Waals surface area contributed by atoms with Crippen LogP contribution in [-0.2, 0) is 16.0 Å². The predicted octanol–water partition coefficient (Wildman–Crippen LogP) is 8.22. The lowest BCUT2D eigenvalue weighted by atomic mass is 10.0. The Morgan fingerprint density at radius 3 is 2.12 bits per heavy atom. The van der Waals surface area contributed by atoms with Crippen molar-refractivity contribution in [2.75, 3.05) is 53.6 Å². The number of carbonyl (C=O) groups excluding carboxylic acids is 3. The lowest BCUT2D eigenvalue weighted by molar-refractivity contribution is -0.193. The highest BCUT2D eigenvalue weighted by Crippen LogP contribution is 2.31. The second kappa shape index (κ2) is 17.2. The summed E-state index contributed by atoms with van der Waals surface area (Å²) in [6.45, 7) is 3.17. The quantitative estimate of drug-likeness (QED) is 0.120. The summed E-state index contributed by atoms with van der Waals surface area (Å²) in [5, 5.41) is 9.99. The molecular weight excluding hydrogens is 782 g/mol. The summed E-state index contributed by atoms with van der Waals surface area (Å²) in [5.74, 6) is -4.24. The van der Waals surface area contributed by atoms with E-state index in [0.717, 1.165) is 45.3 Å². The molecule has 19 heteroatoms. The average Bonchev–Trinajstić information content (AvgIpc) is 3.18. The number of nitrogens with one attached hydrogen (secondary N) is 3. The number of alkyl halides is 6. The summed E-state index contributed by atoms with van der Waals surface area (Å²) in [6, 6.07) is 27.6. The number of nitrogens with zero attached hydrogens (tertiary/aromatic N) is 5. The minimum Gasteiger partial charge on any atom is -0.493 e. The fourth-order valence-corrected chi connectivity index (χ4v) is 5.81. The van der Waals surface area contributed by atoms with Crippen molar-refractivity contribution in [1.82, 2.24) is 19.9 Å². The second-order valence-corrected chi connectivity index (χ2v) is 12.9. The largest absolute Gasteiger partial charge is 0.493 e. The fraction of sp³-hybridized carbons (Fsp3) is 0.211. The molecule has 1 fully saturated rings. The molecule has 2 aromatic heterocycles. The van der Waals surface area contributed by atoms with Crippen molar-refractivity contribution in [2.45, 2.75) is 18.8 Å². The van der Waals surface area contributed by atoms with Gasteiger partial charge in [0.1, 0.15) is 16.6 Å². The zero-order valence-electron chi connectivity index (χ0n) is 29.5.